The van der Waals surface area contributed by atoms with Crippen molar-refractivity contribution in [2.75, 3.05) is 47.5 Å². The molecule has 0 aromatic carbocycles. The summed E-state index contributed by atoms with van der Waals surface area (Å²) in [5, 5.41) is 0. The number of unbranched alkanes of at least 4 members (excludes halogenated alkanes) is 19. The Morgan fingerprint density at radius 2 is 1.00 bits per heavy atom. The first-order valence-corrected chi connectivity index (χ1v) is 24.3. The molecule has 57 heavy (non-hydrogen) atoms. The number of allylic oxidation sites excluding steroid dienone is 8. The largest absolute Gasteiger partial charge is 0.756 e. The van der Waals surface area contributed by atoms with Crippen molar-refractivity contribution in [3.8, 4) is 0 Å². The van der Waals surface area contributed by atoms with Gasteiger partial charge >= 0.3 is 11.9 Å². The van der Waals surface area contributed by atoms with Gasteiger partial charge < -0.3 is 27.9 Å². The zero-order valence-electron chi connectivity index (χ0n) is 37.3. The Morgan fingerprint density at radius 1 is 0.561 bits per heavy atom. The van der Waals surface area contributed by atoms with E-state index >= 15 is 0 Å². The molecule has 0 fully saturated rings. The Balaban J connectivity index is 4.37. The van der Waals surface area contributed by atoms with Gasteiger partial charge in [-0.05, 0) is 51.4 Å². The normalized spacial score (nSPS) is 14.0. The van der Waals surface area contributed by atoms with Gasteiger partial charge in [-0.1, -0.05) is 172 Å². The van der Waals surface area contributed by atoms with Gasteiger partial charge in [0, 0.05) is 12.8 Å². The van der Waals surface area contributed by atoms with Crippen LogP contribution >= 0.6 is 7.82 Å². The van der Waals surface area contributed by atoms with E-state index in [0.29, 0.717) is 23.9 Å². The number of ether oxygens (including phenoxy) is 2. The predicted molar refractivity (Wildman–Crippen MR) is 236 cm³/mol. The molecule has 0 aliphatic rings. The van der Waals surface area contributed by atoms with Crippen LogP contribution in [0.5, 0.6) is 0 Å². The van der Waals surface area contributed by atoms with Crippen LogP contribution in [-0.4, -0.2) is 70.0 Å². The summed E-state index contributed by atoms with van der Waals surface area (Å²) in [6, 6.07) is 0. The smallest absolute Gasteiger partial charge is 0.306 e. The van der Waals surface area contributed by atoms with Crippen molar-refractivity contribution in [3.63, 3.8) is 0 Å². The van der Waals surface area contributed by atoms with E-state index in [0.717, 1.165) is 57.8 Å². The fourth-order valence-electron chi connectivity index (χ4n) is 6.06. The number of hydrogen-bond acceptors (Lipinski definition) is 8. The van der Waals surface area contributed by atoms with Crippen LogP contribution in [0, 0.1) is 0 Å². The third-order valence-electron chi connectivity index (χ3n) is 9.61. The average Bonchev–Trinajstić information content (AvgIpc) is 3.16. The Hall–Kier alpha value is -2.03. The minimum Gasteiger partial charge on any atom is -0.756 e. The summed E-state index contributed by atoms with van der Waals surface area (Å²) in [6.07, 6.45) is 45.7. The summed E-state index contributed by atoms with van der Waals surface area (Å²) >= 11 is 0. The minimum atomic E-state index is -4.63. The molecule has 0 bridgehead atoms. The standard InChI is InChI=1S/C47H86NO8P/c1-6-8-10-12-14-16-18-20-22-23-24-26-28-30-32-34-36-38-40-47(50)56-45(44-55-57(51,52)54-42-41-48(3,4)5)43-53-46(49)39-37-35-33-31-29-27-25-21-19-17-15-13-11-9-7-2/h9,11,15,17,21,25,29,31,45H,6-8,10,12-14,16,18-20,22-24,26-28,30,32-44H2,1-5H3/b11-9+,17-15+,25-21+,31-29+/t45-/m1/s1. The van der Waals surface area contributed by atoms with Crippen molar-refractivity contribution in [1.29, 1.82) is 0 Å². The minimum absolute atomic E-state index is 0.0377. The molecule has 2 atom stereocenters. The van der Waals surface area contributed by atoms with Crippen LogP contribution in [0.2, 0.25) is 0 Å². The average molecular weight is 824 g/mol. The van der Waals surface area contributed by atoms with Crippen molar-refractivity contribution >= 4 is 19.8 Å². The second kappa shape index (κ2) is 39.4. The Bertz CT molecular complexity index is 1110. The van der Waals surface area contributed by atoms with Crippen LogP contribution in [0.3, 0.4) is 0 Å². The maximum absolute atomic E-state index is 12.7. The highest BCUT2D eigenvalue weighted by Crippen LogP contribution is 2.38. The highest BCUT2D eigenvalue weighted by Gasteiger charge is 2.21. The number of quaternary nitrogens is 1. The van der Waals surface area contributed by atoms with Gasteiger partial charge in [-0.2, -0.15) is 0 Å². The van der Waals surface area contributed by atoms with E-state index in [9.17, 15) is 19.0 Å². The number of rotatable bonds is 41. The number of carbonyl (C=O) groups is 2. The molecule has 0 aromatic heterocycles. The lowest BCUT2D eigenvalue weighted by atomic mass is 10.0. The lowest BCUT2D eigenvalue weighted by Crippen LogP contribution is -2.37. The van der Waals surface area contributed by atoms with Crippen LogP contribution in [0.1, 0.15) is 187 Å². The van der Waals surface area contributed by atoms with E-state index in [-0.39, 0.29) is 26.1 Å². The number of hydrogen-bond donors (Lipinski definition) is 0. The number of phosphoric ester groups is 1. The first-order chi connectivity index (χ1) is 27.5. The molecule has 0 saturated heterocycles. The third-order valence-corrected chi connectivity index (χ3v) is 10.6. The molecule has 0 aliphatic heterocycles. The maximum atomic E-state index is 12.7. The molecule has 0 heterocycles. The van der Waals surface area contributed by atoms with Gasteiger partial charge in [0.25, 0.3) is 7.82 Å². The summed E-state index contributed by atoms with van der Waals surface area (Å²) in [4.78, 5) is 37.5. The second-order valence-corrected chi connectivity index (χ2v) is 17.8. The lowest BCUT2D eigenvalue weighted by Gasteiger charge is -2.28. The van der Waals surface area contributed by atoms with Gasteiger partial charge in [-0.3, -0.25) is 14.2 Å². The summed E-state index contributed by atoms with van der Waals surface area (Å²) in [7, 11) is 1.14. The van der Waals surface area contributed by atoms with E-state index in [1.807, 2.05) is 21.1 Å². The van der Waals surface area contributed by atoms with E-state index < -0.39 is 32.5 Å². The van der Waals surface area contributed by atoms with Gasteiger partial charge in [0.2, 0.25) is 0 Å². The molecule has 0 N–H and O–H groups in total. The molecule has 0 saturated carbocycles. The number of phosphoric acid groups is 1. The third kappa shape index (κ3) is 43.4. The number of carbonyl (C=O) groups excluding carboxylic acids is 2. The number of nitrogens with zero attached hydrogens (tertiary/aromatic N) is 1. The van der Waals surface area contributed by atoms with Gasteiger partial charge in [0.05, 0.1) is 27.7 Å². The van der Waals surface area contributed by atoms with E-state index in [1.165, 1.54) is 89.9 Å². The molecular weight excluding hydrogens is 737 g/mol. The fourth-order valence-corrected chi connectivity index (χ4v) is 6.79. The van der Waals surface area contributed by atoms with E-state index in [4.69, 9.17) is 18.5 Å². The summed E-state index contributed by atoms with van der Waals surface area (Å²) in [5.74, 6) is -0.880. The highest BCUT2D eigenvalue weighted by molar-refractivity contribution is 7.45. The van der Waals surface area contributed by atoms with Crippen LogP contribution in [0.4, 0.5) is 0 Å². The second-order valence-electron chi connectivity index (χ2n) is 16.4. The number of esters is 2. The molecule has 0 radical (unpaired) electrons. The van der Waals surface area contributed by atoms with Crippen LogP contribution in [0.25, 0.3) is 0 Å². The van der Waals surface area contributed by atoms with Crippen LogP contribution in [0.15, 0.2) is 48.6 Å². The SMILES string of the molecule is CC/C=C/C/C=C/C/C=C/C/C=C/CCCCC(=O)OC[C@H](COP(=O)([O-])OCC[N+](C)(C)C)OC(=O)CCCCCCCCCCCCCCCCCCCC. The summed E-state index contributed by atoms with van der Waals surface area (Å²) in [6.45, 7) is 4.07. The van der Waals surface area contributed by atoms with E-state index in [1.54, 1.807) is 0 Å². The summed E-state index contributed by atoms with van der Waals surface area (Å²) < 4.78 is 33.9. The molecule has 0 aromatic rings. The Labute approximate surface area is 350 Å². The molecule has 0 rings (SSSR count). The van der Waals surface area contributed by atoms with Gasteiger partial charge in [-0.25, -0.2) is 0 Å². The topological polar surface area (TPSA) is 111 Å². The fraction of sp³-hybridized carbons (Fsp3) is 0.787. The Kier molecular flexibility index (Phi) is 38.0. The molecule has 0 amide bonds. The van der Waals surface area contributed by atoms with Crippen LogP contribution in [-0.2, 0) is 32.7 Å². The van der Waals surface area contributed by atoms with Gasteiger partial charge in [0.15, 0.2) is 6.10 Å². The van der Waals surface area contributed by atoms with Crippen molar-refractivity contribution in [3.05, 3.63) is 48.6 Å². The first kappa shape index (κ1) is 55.0. The molecule has 1 unspecified atom stereocenters. The zero-order chi connectivity index (χ0) is 42.1. The summed E-state index contributed by atoms with van der Waals surface area (Å²) in [5.41, 5.74) is 0. The van der Waals surface area contributed by atoms with Crippen molar-refractivity contribution in [2.45, 2.75) is 193 Å². The molecule has 9 nitrogen and oxygen atoms in total. The Morgan fingerprint density at radius 3 is 1.49 bits per heavy atom. The highest BCUT2D eigenvalue weighted by atomic mass is 31.2. The van der Waals surface area contributed by atoms with Crippen molar-refractivity contribution in [2.24, 2.45) is 0 Å². The molecule has 332 valence electrons. The zero-order valence-corrected chi connectivity index (χ0v) is 38.2. The van der Waals surface area contributed by atoms with Crippen molar-refractivity contribution < 1.29 is 42.1 Å². The molecule has 0 aliphatic carbocycles. The van der Waals surface area contributed by atoms with Crippen LogP contribution < -0.4 is 4.89 Å². The quantitative estimate of drug-likeness (QED) is 0.0197. The maximum Gasteiger partial charge on any atom is 0.306 e. The lowest BCUT2D eigenvalue weighted by molar-refractivity contribution is -0.870. The molecule has 0 spiro atoms. The van der Waals surface area contributed by atoms with Gasteiger partial charge in [-0.15, -0.1) is 0 Å². The number of likely N-dealkylation sites (N-methyl/N-ethyl adjacent to an activating group) is 1. The predicted octanol–water partition coefficient (Wildman–Crippen LogP) is 12.4. The first-order valence-electron chi connectivity index (χ1n) is 22.8. The van der Waals surface area contributed by atoms with Crippen molar-refractivity contribution in [1.82, 2.24) is 0 Å². The van der Waals surface area contributed by atoms with E-state index in [2.05, 4.69) is 62.5 Å². The molecular formula is C47H86NO8P. The molecule has 10 heteroatoms. The van der Waals surface area contributed by atoms with Gasteiger partial charge in [0.1, 0.15) is 19.8 Å². The monoisotopic (exact) mass is 824 g/mol.